The van der Waals surface area contributed by atoms with Crippen molar-refractivity contribution in [3.8, 4) is 0 Å². The first-order valence-electron chi connectivity index (χ1n) is 8.08. The van der Waals surface area contributed by atoms with Crippen LogP contribution >= 0.6 is 0 Å². The minimum atomic E-state index is 0.336. The molecule has 0 aromatic heterocycles. The summed E-state index contributed by atoms with van der Waals surface area (Å²) in [7, 11) is 4.40. The van der Waals surface area contributed by atoms with Gasteiger partial charge in [-0.1, -0.05) is 19.8 Å². The summed E-state index contributed by atoms with van der Waals surface area (Å²) in [6, 6.07) is 0.791. The third-order valence-electron chi connectivity index (χ3n) is 5.07. The topological polar surface area (TPSA) is 24.5 Å². The average Bonchev–Trinajstić information content (AvgIpc) is 2.40. The highest BCUT2D eigenvalue weighted by Gasteiger charge is 2.35. The van der Waals surface area contributed by atoms with E-state index in [1.54, 1.807) is 0 Å². The standard InChI is InChI=1S/C16H32N2O/c1-14-6-4-7-15(10-14)18(3)12-16(11-17-2)8-5-9-19-13-16/h14-15,17H,4-13H2,1-3H3. The van der Waals surface area contributed by atoms with E-state index in [2.05, 4.69) is 31.2 Å². The Morgan fingerprint density at radius 1 is 1.32 bits per heavy atom. The molecule has 1 aliphatic heterocycles. The predicted octanol–water partition coefficient (Wildman–Crippen LogP) is 2.51. The van der Waals surface area contributed by atoms with Gasteiger partial charge in [0.2, 0.25) is 0 Å². The normalized spacial score (nSPS) is 36.6. The molecule has 0 aromatic rings. The molecule has 3 unspecified atom stereocenters. The highest BCUT2D eigenvalue weighted by Crippen LogP contribution is 2.32. The first-order valence-corrected chi connectivity index (χ1v) is 8.08. The van der Waals surface area contributed by atoms with Gasteiger partial charge in [0.25, 0.3) is 0 Å². The fourth-order valence-corrected chi connectivity index (χ4v) is 4.07. The van der Waals surface area contributed by atoms with Gasteiger partial charge in [-0.2, -0.15) is 0 Å². The first kappa shape index (κ1) is 15.3. The minimum absolute atomic E-state index is 0.336. The van der Waals surface area contributed by atoms with Crippen LogP contribution in [0.1, 0.15) is 45.4 Å². The van der Waals surface area contributed by atoms with Crippen molar-refractivity contribution in [2.24, 2.45) is 11.3 Å². The van der Waals surface area contributed by atoms with E-state index in [0.29, 0.717) is 5.41 Å². The number of ether oxygens (including phenoxy) is 1. The Morgan fingerprint density at radius 3 is 2.79 bits per heavy atom. The summed E-state index contributed by atoms with van der Waals surface area (Å²) in [5, 5.41) is 3.39. The zero-order valence-corrected chi connectivity index (χ0v) is 13.1. The quantitative estimate of drug-likeness (QED) is 0.829. The molecule has 3 heteroatoms. The maximum Gasteiger partial charge on any atom is 0.0546 e. The van der Waals surface area contributed by atoms with E-state index in [1.807, 2.05) is 0 Å². The molecule has 0 aromatic carbocycles. The number of nitrogens with one attached hydrogen (secondary N) is 1. The molecular formula is C16H32N2O. The summed E-state index contributed by atoms with van der Waals surface area (Å²) < 4.78 is 5.78. The van der Waals surface area contributed by atoms with Crippen molar-refractivity contribution < 1.29 is 4.74 Å². The van der Waals surface area contributed by atoms with Crippen LogP contribution in [0.2, 0.25) is 0 Å². The Hall–Kier alpha value is -0.120. The van der Waals surface area contributed by atoms with Gasteiger partial charge < -0.3 is 15.0 Å². The highest BCUT2D eigenvalue weighted by atomic mass is 16.5. The molecule has 0 radical (unpaired) electrons. The summed E-state index contributed by atoms with van der Waals surface area (Å²) in [5.74, 6) is 0.907. The molecule has 3 atom stereocenters. The molecule has 3 nitrogen and oxygen atoms in total. The van der Waals surface area contributed by atoms with Crippen LogP contribution in [0.25, 0.3) is 0 Å². The van der Waals surface area contributed by atoms with Gasteiger partial charge in [0.1, 0.15) is 0 Å². The van der Waals surface area contributed by atoms with Crippen molar-refractivity contribution in [1.82, 2.24) is 10.2 Å². The molecule has 112 valence electrons. The van der Waals surface area contributed by atoms with Crippen LogP contribution in [0, 0.1) is 11.3 Å². The van der Waals surface area contributed by atoms with E-state index >= 15 is 0 Å². The van der Waals surface area contributed by atoms with Crippen LogP contribution in [0.4, 0.5) is 0 Å². The van der Waals surface area contributed by atoms with Crippen molar-refractivity contribution in [3.05, 3.63) is 0 Å². The molecule has 2 rings (SSSR count). The fourth-order valence-electron chi connectivity index (χ4n) is 4.07. The van der Waals surface area contributed by atoms with E-state index in [9.17, 15) is 0 Å². The first-order chi connectivity index (χ1) is 9.15. The largest absolute Gasteiger partial charge is 0.381 e. The monoisotopic (exact) mass is 268 g/mol. The van der Waals surface area contributed by atoms with Gasteiger partial charge in [-0.25, -0.2) is 0 Å². The molecule has 0 bridgehead atoms. The molecular weight excluding hydrogens is 236 g/mol. The lowest BCUT2D eigenvalue weighted by Crippen LogP contribution is -2.50. The number of rotatable bonds is 5. The summed E-state index contributed by atoms with van der Waals surface area (Å²) in [5.41, 5.74) is 0.336. The van der Waals surface area contributed by atoms with Crippen molar-refractivity contribution >= 4 is 0 Å². The molecule has 19 heavy (non-hydrogen) atoms. The molecule has 1 N–H and O–H groups in total. The van der Waals surface area contributed by atoms with Crippen LogP contribution in [0.3, 0.4) is 0 Å². The second kappa shape index (κ2) is 7.05. The van der Waals surface area contributed by atoms with Crippen molar-refractivity contribution in [3.63, 3.8) is 0 Å². The number of hydrogen-bond donors (Lipinski definition) is 1. The van der Waals surface area contributed by atoms with Gasteiger partial charge in [0, 0.05) is 31.2 Å². The summed E-state index contributed by atoms with van der Waals surface area (Å²) >= 11 is 0. The lowest BCUT2D eigenvalue weighted by molar-refractivity contribution is -0.0308. The lowest BCUT2D eigenvalue weighted by atomic mass is 9.80. The molecule has 1 saturated carbocycles. The zero-order chi connectivity index (χ0) is 13.7. The SMILES string of the molecule is CNCC1(CN(C)C2CCCC(C)C2)CCCOC1. The third kappa shape index (κ3) is 4.17. The zero-order valence-electron chi connectivity index (χ0n) is 13.1. The Labute approximate surface area is 119 Å². The van der Waals surface area contributed by atoms with Crippen LogP contribution in [0.5, 0.6) is 0 Å². The van der Waals surface area contributed by atoms with Gasteiger partial charge in [0.15, 0.2) is 0 Å². The second-order valence-corrected chi connectivity index (χ2v) is 7.03. The Morgan fingerprint density at radius 2 is 2.16 bits per heavy atom. The van der Waals surface area contributed by atoms with Crippen LogP contribution in [-0.4, -0.2) is 51.3 Å². The molecule has 1 heterocycles. The molecule has 1 aliphatic carbocycles. The fraction of sp³-hybridized carbons (Fsp3) is 1.00. The Balaban J connectivity index is 1.92. The average molecular weight is 268 g/mol. The third-order valence-corrected chi connectivity index (χ3v) is 5.07. The van der Waals surface area contributed by atoms with Crippen molar-refractivity contribution in [2.75, 3.05) is 40.4 Å². The van der Waals surface area contributed by atoms with Gasteiger partial charge in [-0.05, 0) is 45.7 Å². The molecule has 2 aliphatic rings. The van der Waals surface area contributed by atoms with Gasteiger partial charge in [0.05, 0.1) is 6.61 Å². The maximum absolute atomic E-state index is 5.78. The minimum Gasteiger partial charge on any atom is -0.381 e. The Bertz CT molecular complexity index is 258. The number of nitrogens with zero attached hydrogens (tertiary/aromatic N) is 1. The second-order valence-electron chi connectivity index (χ2n) is 7.03. The summed E-state index contributed by atoms with van der Waals surface area (Å²) in [6.07, 6.45) is 8.13. The van der Waals surface area contributed by atoms with Gasteiger partial charge in [-0.3, -0.25) is 0 Å². The molecule has 0 spiro atoms. The van der Waals surface area contributed by atoms with E-state index < -0.39 is 0 Å². The van der Waals surface area contributed by atoms with E-state index in [0.717, 1.165) is 31.7 Å². The molecule has 0 amide bonds. The van der Waals surface area contributed by atoms with Crippen molar-refractivity contribution in [1.29, 1.82) is 0 Å². The van der Waals surface area contributed by atoms with Gasteiger partial charge >= 0.3 is 0 Å². The number of hydrogen-bond acceptors (Lipinski definition) is 3. The van der Waals surface area contributed by atoms with E-state index in [1.165, 1.54) is 45.1 Å². The van der Waals surface area contributed by atoms with Gasteiger partial charge in [-0.15, -0.1) is 0 Å². The Kier molecular flexibility index (Phi) is 5.67. The van der Waals surface area contributed by atoms with Crippen LogP contribution < -0.4 is 5.32 Å². The van der Waals surface area contributed by atoms with Crippen molar-refractivity contribution in [2.45, 2.75) is 51.5 Å². The smallest absolute Gasteiger partial charge is 0.0546 e. The summed E-state index contributed by atoms with van der Waals surface area (Å²) in [6.45, 7) is 6.56. The highest BCUT2D eigenvalue weighted by molar-refractivity contribution is 4.89. The van der Waals surface area contributed by atoms with E-state index in [-0.39, 0.29) is 0 Å². The maximum atomic E-state index is 5.78. The lowest BCUT2D eigenvalue weighted by Gasteiger charge is -2.43. The predicted molar refractivity (Wildman–Crippen MR) is 80.5 cm³/mol. The summed E-state index contributed by atoms with van der Waals surface area (Å²) in [4.78, 5) is 2.63. The van der Waals surface area contributed by atoms with Crippen LogP contribution in [-0.2, 0) is 4.74 Å². The molecule has 2 fully saturated rings. The van der Waals surface area contributed by atoms with E-state index in [4.69, 9.17) is 4.74 Å². The molecule has 1 saturated heterocycles. The van der Waals surface area contributed by atoms with Crippen LogP contribution in [0.15, 0.2) is 0 Å².